The highest BCUT2D eigenvalue weighted by Gasteiger charge is 1.98. The first-order chi connectivity index (χ1) is 8.76. The predicted octanol–water partition coefficient (Wildman–Crippen LogP) is 1.24. The van der Waals surface area contributed by atoms with E-state index in [0.717, 1.165) is 17.5 Å². The van der Waals surface area contributed by atoms with Crippen molar-refractivity contribution in [2.24, 2.45) is 0 Å². The monoisotopic (exact) mass is 246 g/mol. The summed E-state index contributed by atoms with van der Waals surface area (Å²) in [5.74, 6) is 5.40. The van der Waals surface area contributed by atoms with Gasteiger partial charge in [0.15, 0.2) is 0 Å². The summed E-state index contributed by atoms with van der Waals surface area (Å²) in [7, 11) is 0. The maximum absolute atomic E-state index is 11.3. The van der Waals surface area contributed by atoms with Gasteiger partial charge in [-0.15, -0.1) is 0 Å². The fourth-order valence-corrected chi connectivity index (χ4v) is 1.33. The Morgan fingerprint density at radius 2 is 2.00 bits per heavy atom. The number of urea groups is 1. The molecule has 18 heavy (non-hydrogen) atoms. The van der Waals surface area contributed by atoms with Crippen molar-refractivity contribution in [1.82, 2.24) is 10.6 Å². The van der Waals surface area contributed by atoms with Gasteiger partial charge in [-0.05, 0) is 24.1 Å². The Balaban J connectivity index is 2.41. The molecule has 0 radical (unpaired) electrons. The fraction of sp³-hybridized carbons (Fsp3) is 0.357. The number of benzene rings is 1. The third-order valence-corrected chi connectivity index (χ3v) is 2.25. The summed E-state index contributed by atoms with van der Waals surface area (Å²) in [6.07, 6.45) is 0.922. The maximum Gasteiger partial charge on any atom is 0.315 e. The first-order valence-electron chi connectivity index (χ1n) is 5.96. The Bertz CT molecular complexity index is 429. The third kappa shape index (κ3) is 5.37. The fourth-order valence-electron chi connectivity index (χ4n) is 1.33. The van der Waals surface area contributed by atoms with Gasteiger partial charge < -0.3 is 15.7 Å². The van der Waals surface area contributed by atoms with Crippen molar-refractivity contribution < 1.29 is 9.90 Å². The van der Waals surface area contributed by atoms with Gasteiger partial charge in [0.25, 0.3) is 0 Å². The highest BCUT2D eigenvalue weighted by atomic mass is 16.2. The number of carbonyl (C=O) groups excluding carboxylic acids is 1. The largest absolute Gasteiger partial charge is 0.384 e. The molecular formula is C14H18N2O2. The molecule has 0 aromatic heterocycles. The molecule has 1 aromatic rings. The molecule has 0 bridgehead atoms. The van der Waals surface area contributed by atoms with Crippen LogP contribution in [0.3, 0.4) is 0 Å². The van der Waals surface area contributed by atoms with Crippen LogP contribution in [0.1, 0.15) is 24.5 Å². The van der Waals surface area contributed by atoms with Crippen LogP contribution in [0.5, 0.6) is 0 Å². The van der Waals surface area contributed by atoms with E-state index in [-0.39, 0.29) is 12.6 Å². The topological polar surface area (TPSA) is 61.4 Å². The lowest BCUT2D eigenvalue weighted by atomic mass is 10.1. The van der Waals surface area contributed by atoms with E-state index in [1.165, 1.54) is 0 Å². The van der Waals surface area contributed by atoms with Crippen molar-refractivity contribution in [3.8, 4) is 11.8 Å². The summed E-state index contributed by atoms with van der Waals surface area (Å²) in [5.41, 5.74) is 1.86. The normalized spacial score (nSPS) is 9.22. The average molecular weight is 246 g/mol. The lowest BCUT2D eigenvalue weighted by Gasteiger charge is -2.06. The molecule has 4 nitrogen and oxygen atoms in total. The summed E-state index contributed by atoms with van der Waals surface area (Å²) in [4.78, 5) is 11.3. The molecular weight excluding hydrogens is 228 g/mol. The van der Waals surface area contributed by atoms with Crippen molar-refractivity contribution >= 4 is 6.03 Å². The Morgan fingerprint density at radius 1 is 1.28 bits per heavy atom. The molecule has 0 heterocycles. The lowest BCUT2D eigenvalue weighted by molar-refractivity contribution is 0.240. The molecule has 1 aromatic carbocycles. The van der Waals surface area contributed by atoms with E-state index in [1.54, 1.807) is 0 Å². The van der Waals surface area contributed by atoms with Gasteiger partial charge in [-0.3, -0.25) is 0 Å². The summed E-state index contributed by atoms with van der Waals surface area (Å²) >= 11 is 0. The summed E-state index contributed by atoms with van der Waals surface area (Å²) in [6, 6.07) is 7.39. The molecule has 96 valence electrons. The minimum absolute atomic E-state index is 0.138. The standard InChI is InChI=1S/C14H18N2O2/c1-2-9-15-14(18)16-11-13-7-5-12(6-8-13)4-3-10-17/h5-8,17H,2,9-11H2,1H3,(H2,15,16,18). The second-order valence-electron chi connectivity index (χ2n) is 3.77. The van der Waals surface area contributed by atoms with Gasteiger partial charge in [0.2, 0.25) is 0 Å². The summed E-state index contributed by atoms with van der Waals surface area (Å²) < 4.78 is 0. The van der Waals surface area contributed by atoms with E-state index >= 15 is 0 Å². The van der Waals surface area contributed by atoms with E-state index in [0.29, 0.717) is 13.1 Å². The van der Waals surface area contributed by atoms with Crippen LogP contribution in [0.25, 0.3) is 0 Å². The molecule has 0 saturated heterocycles. The Kier molecular flexibility index (Phi) is 6.37. The van der Waals surface area contributed by atoms with Crippen LogP contribution in [-0.4, -0.2) is 24.3 Å². The first-order valence-corrected chi connectivity index (χ1v) is 5.96. The molecule has 0 saturated carbocycles. The lowest BCUT2D eigenvalue weighted by Crippen LogP contribution is -2.35. The molecule has 3 N–H and O–H groups in total. The molecule has 0 aliphatic rings. The van der Waals surface area contributed by atoms with E-state index in [4.69, 9.17) is 5.11 Å². The minimum Gasteiger partial charge on any atom is -0.384 e. The van der Waals surface area contributed by atoms with Crippen LogP contribution in [-0.2, 0) is 6.54 Å². The number of rotatable bonds is 4. The molecule has 0 fully saturated rings. The number of aliphatic hydroxyl groups is 1. The summed E-state index contributed by atoms with van der Waals surface area (Å²) in [5, 5.41) is 14.1. The van der Waals surface area contributed by atoms with Crippen LogP contribution >= 0.6 is 0 Å². The SMILES string of the molecule is CCCNC(=O)NCc1ccc(C#CCO)cc1. The number of aliphatic hydroxyl groups excluding tert-OH is 1. The van der Waals surface area contributed by atoms with Crippen molar-refractivity contribution in [3.63, 3.8) is 0 Å². The second kappa shape index (κ2) is 8.15. The van der Waals surface area contributed by atoms with Gasteiger partial charge in [-0.25, -0.2) is 4.79 Å². The Labute approximate surface area is 107 Å². The first kappa shape index (κ1) is 14.1. The number of nitrogens with one attached hydrogen (secondary N) is 2. The quantitative estimate of drug-likeness (QED) is 0.700. The molecule has 0 aliphatic carbocycles. The second-order valence-corrected chi connectivity index (χ2v) is 3.77. The maximum atomic E-state index is 11.3. The van der Waals surface area contributed by atoms with Crippen molar-refractivity contribution in [2.45, 2.75) is 19.9 Å². The smallest absolute Gasteiger partial charge is 0.315 e. The molecule has 1 rings (SSSR count). The van der Waals surface area contributed by atoms with E-state index < -0.39 is 0 Å². The molecule has 2 amide bonds. The van der Waals surface area contributed by atoms with Gasteiger partial charge in [0.05, 0.1) is 0 Å². The van der Waals surface area contributed by atoms with Gasteiger partial charge in [0.1, 0.15) is 6.61 Å². The van der Waals surface area contributed by atoms with Gasteiger partial charge in [0, 0.05) is 18.7 Å². The zero-order valence-electron chi connectivity index (χ0n) is 10.5. The number of amides is 2. The third-order valence-electron chi connectivity index (χ3n) is 2.25. The van der Waals surface area contributed by atoms with E-state index in [1.807, 2.05) is 31.2 Å². The average Bonchev–Trinajstić information content (AvgIpc) is 2.41. The number of hydrogen-bond acceptors (Lipinski definition) is 2. The van der Waals surface area contributed by atoms with Gasteiger partial charge >= 0.3 is 6.03 Å². The molecule has 0 spiro atoms. The van der Waals surface area contributed by atoms with Gasteiger partial charge in [-0.1, -0.05) is 30.9 Å². The van der Waals surface area contributed by atoms with Crippen LogP contribution in [0.2, 0.25) is 0 Å². The van der Waals surface area contributed by atoms with Crippen LogP contribution < -0.4 is 10.6 Å². The zero-order chi connectivity index (χ0) is 13.2. The molecule has 0 unspecified atom stereocenters. The van der Waals surface area contributed by atoms with Crippen molar-refractivity contribution in [3.05, 3.63) is 35.4 Å². The summed E-state index contributed by atoms with van der Waals surface area (Å²) in [6.45, 7) is 3.04. The number of carbonyl (C=O) groups is 1. The Hall–Kier alpha value is -1.99. The highest BCUT2D eigenvalue weighted by molar-refractivity contribution is 5.73. The molecule has 0 aliphatic heterocycles. The van der Waals surface area contributed by atoms with E-state index in [2.05, 4.69) is 22.5 Å². The van der Waals surface area contributed by atoms with Crippen LogP contribution in [0.4, 0.5) is 4.79 Å². The highest BCUT2D eigenvalue weighted by Crippen LogP contribution is 2.02. The number of hydrogen-bond donors (Lipinski definition) is 3. The van der Waals surface area contributed by atoms with Crippen LogP contribution in [0.15, 0.2) is 24.3 Å². The minimum atomic E-state index is -0.152. The van der Waals surface area contributed by atoms with Crippen LogP contribution in [0, 0.1) is 11.8 Å². The predicted molar refractivity (Wildman–Crippen MR) is 70.9 cm³/mol. The van der Waals surface area contributed by atoms with Crippen molar-refractivity contribution in [2.75, 3.05) is 13.2 Å². The van der Waals surface area contributed by atoms with E-state index in [9.17, 15) is 4.79 Å². The molecule has 4 heteroatoms. The molecule has 0 atom stereocenters. The Morgan fingerprint density at radius 3 is 2.61 bits per heavy atom. The van der Waals surface area contributed by atoms with Gasteiger partial charge in [-0.2, -0.15) is 0 Å². The zero-order valence-corrected chi connectivity index (χ0v) is 10.5. The van der Waals surface area contributed by atoms with Crippen molar-refractivity contribution in [1.29, 1.82) is 0 Å².